The molecule has 112 valence electrons. The van der Waals surface area contributed by atoms with Crippen LogP contribution < -0.4 is 5.73 Å². The summed E-state index contributed by atoms with van der Waals surface area (Å²) >= 11 is 0. The molecule has 3 atom stereocenters. The number of aliphatic hydroxyl groups excluding tert-OH is 1. The van der Waals surface area contributed by atoms with E-state index >= 15 is 0 Å². The first-order valence-corrected chi connectivity index (χ1v) is 7.46. The number of benzene rings is 1. The van der Waals surface area contributed by atoms with Gasteiger partial charge in [-0.25, -0.2) is 0 Å². The molecule has 4 heteroatoms. The number of aliphatic hydroxyl groups is 1. The molecular formula is C16H26N2O2. The van der Waals surface area contributed by atoms with Crippen molar-refractivity contribution in [2.24, 2.45) is 5.73 Å². The second-order valence-corrected chi connectivity index (χ2v) is 5.62. The summed E-state index contributed by atoms with van der Waals surface area (Å²) in [6, 6.07) is 8.31. The number of nitrogens with zero attached hydrogens (tertiary/aromatic N) is 1. The Bertz CT molecular complexity index is 407. The third kappa shape index (κ3) is 3.79. The van der Waals surface area contributed by atoms with Crippen LogP contribution in [0.15, 0.2) is 24.3 Å². The molecule has 0 aliphatic carbocycles. The molecule has 0 spiro atoms. The number of nitrogens with two attached hydrogens (primary N) is 1. The molecule has 0 amide bonds. The van der Waals surface area contributed by atoms with E-state index < -0.39 is 6.10 Å². The number of hydrogen-bond acceptors (Lipinski definition) is 4. The highest BCUT2D eigenvalue weighted by Crippen LogP contribution is 2.20. The molecule has 1 aromatic carbocycles. The first-order valence-electron chi connectivity index (χ1n) is 7.46. The van der Waals surface area contributed by atoms with Crippen LogP contribution in [0.1, 0.15) is 37.5 Å². The van der Waals surface area contributed by atoms with Gasteiger partial charge in [0, 0.05) is 25.7 Å². The van der Waals surface area contributed by atoms with Crippen molar-refractivity contribution < 1.29 is 9.84 Å². The summed E-state index contributed by atoms with van der Waals surface area (Å²) in [5.41, 5.74) is 7.64. The fraction of sp³-hybridized carbons (Fsp3) is 0.625. The lowest BCUT2D eigenvalue weighted by Crippen LogP contribution is -2.49. The Morgan fingerprint density at radius 3 is 2.70 bits per heavy atom. The Hall–Kier alpha value is -0.940. The lowest BCUT2D eigenvalue weighted by molar-refractivity contribution is -0.0681. The molecule has 3 N–H and O–H groups in total. The van der Waals surface area contributed by atoms with Crippen LogP contribution in [0, 0.1) is 0 Å². The van der Waals surface area contributed by atoms with E-state index in [4.69, 9.17) is 10.5 Å². The van der Waals surface area contributed by atoms with Gasteiger partial charge in [0.2, 0.25) is 0 Å². The molecule has 1 aliphatic rings. The van der Waals surface area contributed by atoms with Gasteiger partial charge in [-0.2, -0.15) is 0 Å². The lowest BCUT2D eigenvalue weighted by Gasteiger charge is -2.39. The lowest BCUT2D eigenvalue weighted by atomic mass is 10.0. The number of rotatable bonds is 5. The van der Waals surface area contributed by atoms with Crippen molar-refractivity contribution in [2.45, 2.75) is 45.1 Å². The third-order valence-corrected chi connectivity index (χ3v) is 4.06. The number of morpholine rings is 1. The number of ether oxygens (including phenoxy) is 1. The van der Waals surface area contributed by atoms with E-state index in [1.807, 2.05) is 24.3 Å². The zero-order valence-corrected chi connectivity index (χ0v) is 12.5. The second-order valence-electron chi connectivity index (χ2n) is 5.62. The highest BCUT2D eigenvalue weighted by atomic mass is 16.5. The van der Waals surface area contributed by atoms with Crippen LogP contribution >= 0.6 is 0 Å². The molecule has 4 nitrogen and oxygen atoms in total. The Morgan fingerprint density at radius 1 is 1.40 bits per heavy atom. The summed E-state index contributed by atoms with van der Waals surface area (Å²) in [4.78, 5) is 2.34. The normalized spacial score (nSPS) is 25.6. The zero-order chi connectivity index (χ0) is 14.5. The minimum Gasteiger partial charge on any atom is -0.387 e. The fourth-order valence-electron chi connectivity index (χ4n) is 2.72. The van der Waals surface area contributed by atoms with E-state index in [0.717, 1.165) is 30.7 Å². The van der Waals surface area contributed by atoms with E-state index in [1.54, 1.807) is 0 Å². The average Bonchev–Trinajstić information content (AvgIpc) is 2.47. The average molecular weight is 278 g/mol. The highest BCUT2D eigenvalue weighted by molar-refractivity contribution is 5.24. The molecule has 3 unspecified atom stereocenters. The standard InChI is InChI=1S/C16H26N2O2/c1-3-15-11-20-12(2)9-18(15)10-16(19)14-6-4-13(8-17)5-7-14/h4-7,12,15-16,19H,3,8-11,17H2,1-2H3. The van der Waals surface area contributed by atoms with Crippen LogP contribution in [-0.2, 0) is 11.3 Å². The van der Waals surface area contributed by atoms with Crippen molar-refractivity contribution in [2.75, 3.05) is 19.7 Å². The SMILES string of the molecule is CCC1COC(C)CN1CC(O)c1ccc(CN)cc1. The Labute approximate surface area is 121 Å². The van der Waals surface area contributed by atoms with Crippen molar-refractivity contribution >= 4 is 0 Å². The highest BCUT2D eigenvalue weighted by Gasteiger charge is 2.27. The van der Waals surface area contributed by atoms with Crippen molar-refractivity contribution in [1.29, 1.82) is 0 Å². The molecule has 1 heterocycles. The topological polar surface area (TPSA) is 58.7 Å². The molecule has 1 aromatic rings. The predicted octanol–water partition coefficient (Wildman–Crippen LogP) is 1.68. The maximum absolute atomic E-state index is 10.4. The first kappa shape index (κ1) is 15.4. The summed E-state index contributed by atoms with van der Waals surface area (Å²) in [5, 5.41) is 10.4. The number of hydrogen-bond donors (Lipinski definition) is 2. The molecule has 1 fully saturated rings. The molecule has 1 saturated heterocycles. The van der Waals surface area contributed by atoms with Gasteiger partial charge in [-0.1, -0.05) is 31.2 Å². The predicted molar refractivity (Wildman–Crippen MR) is 80.4 cm³/mol. The van der Waals surface area contributed by atoms with E-state index in [-0.39, 0.29) is 6.10 Å². The van der Waals surface area contributed by atoms with Gasteiger partial charge in [0.05, 0.1) is 18.8 Å². The molecule has 20 heavy (non-hydrogen) atoms. The van der Waals surface area contributed by atoms with E-state index in [0.29, 0.717) is 19.1 Å². The quantitative estimate of drug-likeness (QED) is 0.860. The van der Waals surface area contributed by atoms with Crippen LogP contribution in [-0.4, -0.2) is 41.8 Å². The molecule has 0 saturated carbocycles. The maximum Gasteiger partial charge on any atom is 0.0917 e. The summed E-state index contributed by atoms with van der Waals surface area (Å²) in [6.45, 7) is 7.09. The largest absolute Gasteiger partial charge is 0.387 e. The minimum atomic E-state index is -0.457. The minimum absolute atomic E-state index is 0.240. The van der Waals surface area contributed by atoms with Gasteiger partial charge >= 0.3 is 0 Å². The summed E-state index contributed by atoms with van der Waals surface area (Å²) < 4.78 is 5.69. The van der Waals surface area contributed by atoms with Crippen LogP contribution in [0.2, 0.25) is 0 Å². The maximum atomic E-state index is 10.4. The monoisotopic (exact) mass is 278 g/mol. The van der Waals surface area contributed by atoms with E-state index in [1.165, 1.54) is 0 Å². The van der Waals surface area contributed by atoms with Gasteiger partial charge in [-0.05, 0) is 24.5 Å². The van der Waals surface area contributed by atoms with Gasteiger partial charge in [-0.3, -0.25) is 4.90 Å². The molecular weight excluding hydrogens is 252 g/mol. The van der Waals surface area contributed by atoms with Crippen molar-refractivity contribution in [3.8, 4) is 0 Å². The Kier molecular flexibility index (Phi) is 5.54. The second kappa shape index (κ2) is 7.18. The van der Waals surface area contributed by atoms with Gasteiger partial charge in [0.15, 0.2) is 0 Å². The van der Waals surface area contributed by atoms with Crippen LogP contribution in [0.5, 0.6) is 0 Å². The van der Waals surface area contributed by atoms with Gasteiger partial charge < -0.3 is 15.6 Å². The third-order valence-electron chi connectivity index (χ3n) is 4.06. The Morgan fingerprint density at radius 2 is 2.10 bits per heavy atom. The van der Waals surface area contributed by atoms with Crippen LogP contribution in [0.3, 0.4) is 0 Å². The van der Waals surface area contributed by atoms with Crippen molar-refractivity contribution in [3.05, 3.63) is 35.4 Å². The molecule has 0 bridgehead atoms. The molecule has 1 aliphatic heterocycles. The van der Waals surface area contributed by atoms with Crippen LogP contribution in [0.25, 0.3) is 0 Å². The van der Waals surface area contributed by atoms with E-state index in [2.05, 4.69) is 18.7 Å². The van der Waals surface area contributed by atoms with Gasteiger partial charge in [0.25, 0.3) is 0 Å². The van der Waals surface area contributed by atoms with Crippen LogP contribution in [0.4, 0.5) is 0 Å². The zero-order valence-electron chi connectivity index (χ0n) is 12.5. The summed E-state index contributed by atoms with van der Waals surface area (Å²) in [6.07, 6.45) is 0.830. The number of β-amino-alcohol motifs (C(OH)–C–C–N with tert-alkyl or cyclic N) is 1. The van der Waals surface area contributed by atoms with Crippen molar-refractivity contribution in [1.82, 2.24) is 4.90 Å². The molecule has 0 radical (unpaired) electrons. The van der Waals surface area contributed by atoms with Gasteiger partial charge in [-0.15, -0.1) is 0 Å². The first-order chi connectivity index (χ1) is 9.63. The van der Waals surface area contributed by atoms with Crippen molar-refractivity contribution in [3.63, 3.8) is 0 Å². The molecule has 0 aromatic heterocycles. The smallest absolute Gasteiger partial charge is 0.0917 e. The van der Waals surface area contributed by atoms with E-state index in [9.17, 15) is 5.11 Å². The summed E-state index contributed by atoms with van der Waals surface area (Å²) in [7, 11) is 0. The Balaban J connectivity index is 1.99. The van der Waals surface area contributed by atoms with Gasteiger partial charge in [0.1, 0.15) is 0 Å². The summed E-state index contributed by atoms with van der Waals surface area (Å²) in [5.74, 6) is 0. The fourth-order valence-corrected chi connectivity index (χ4v) is 2.72. The molecule has 2 rings (SSSR count).